The number of rotatable bonds is 6. The van der Waals surface area contributed by atoms with Crippen LogP contribution in [-0.2, 0) is 9.53 Å². The van der Waals surface area contributed by atoms with Crippen molar-refractivity contribution < 1.29 is 9.53 Å². The summed E-state index contributed by atoms with van der Waals surface area (Å²) in [5.41, 5.74) is 9.39. The van der Waals surface area contributed by atoms with Crippen molar-refractivity contribution in [3.05, 3.63) is 42.1 Å². The van der Waals surface area contributed by atoms with E-state index in [0.29, 0.717) is 24.5 Å². The van der Waals surface area contributed by atoms with Gasteiger partial charge in [-0.15, -0.1) is 0 Å². The maximum absolute atomic E-state index is 11.1. The number of aromatic nitrogens is 3. The molecule has 0 unspecified atom stereocenters. The third-order valence-electron chi connectivity index (χ3n) is 7.15. The number of hydrogen-bond donors (Lipinski definition) is 2. The SMILES string of the molecule is Cc1nc(N2CCC(OC3CCC(CC(N)=O)CC3)CC2)ccc1-c1nc2ccccc2[nH]1. The van der Waals surface area contributed by atoms with Crippen molar-refractivity contribution in [2.24, 2.45) is 11.7 Å². The van der Waals surface area contributed by atoms with Crippen LogP contribution in [0.4, 0.5) is 5.82 Å². The van der Waals surface area contributed by atoms with E-state index < -0.39 is 0 Å². The van der Waals surface area contributed by atoms with Crippen molar-refractivity contribution in [3.63, 3.8) is 0 Å². The molecule has 7 heteroatoms. The van der Waals surface area contributed by atoms with Gasteiger partial charge in [0.1, 0.15) is 11.6 Å². The van der Waals surface area contributed by atoms with Crippen molar-refractivity contribution in [1.29, 1.82) is 0 Å². The number of fused-ring (bicyclic) bond motifs is 1. The molecule has 3 heterocycles. The fourth-order valence-corrected chi connectivity index (χ4v) is 5.30. The highest BCUT2D eigenvalue weighted by atomic mass is 16.5. The predicted octanol–water partition coefficient (Wildman–Crippen LogP) is 4.35. The normalized spacial score (nSPS) is 22.0. The van der Waals surface area contributed by atoms with Crippen LogP contribution in [0.3, 0.4) is 0 Å². The minimum atomic E-state index is -0.179. The van der Waals surface area contributed by atoms with E-state index >= 15 is 0 Å². The molecule has 1 saturated heterocycles. The minimum absolute atomic E-state index is 0.179. The standard InChI is InChI=1S/C26H33N5O2/c1-17-21(26-29-22-4-2-3-5-23(22)30-26)10-11-25(28-17)31-14-12-20(13-15-31)33-19-8-6-18(7-9-19)16-24(27)32/h2-5,10-11,18-20H,6-9,12-16H2,1H3,(H2,27,32)(H,29,30). The number of nitrogens with zero attached hydrogens (tertiary/aromatic N) is 3. The zero-order chi connectivity index (χ0) is 22.8. The molecular weight excluding hydrogens is 414 g/mol. The monoisotopic (exact) mass is 447 g/mol. The summed E-state index contributed by atoms with van der Waals surface area (Å²) in [7, 11) is 0. The van der Waals surface area contributed by atoms with Gasteiger partial charge in [-0.1, -0.05) is 12.1 Å². The number of H-pyrrole nitrogens is 1. The minimum Gasteiger partial charge on any atom is -0.375 e. The van der Waals surface area contributed by atoms with E-state index in [-0.39, 0.29) is 5.91 Å². The van der Waals surface area contributed by atoms with Gasteiger partial charge in [0.2, 0.25) is 5.91 Å². The zero-order valence-electron chi connectivity index (χ0n) is 19.3. The Hall–Kier alpha value is -2.93. The van der Waals surface area contributed by atoms with Crippen LogP contribution < -0.4 is 10.6 Å². The lowest BCUT2D eigenvalue weighted by atomic mass is 9.85. The Balaban J connectivity index is 1.15. The molecule has 2 aromatic heterocycles. The number of pyridine rings is 1. The Morgan fingerprint density at radius 2 is 1.76 bits per heavy atom. The van der Waals surface area contributed by atoms with Crippen LogP contribution in [0.1, 0.15) is 50.6 Å². The maximum atomic E-state index is 11.1. The number of benzene rings is 1. The van der Waals surface area contributed by atoms with Crippen LogP contribution in [-0.4, -0.2) is 46.2 Å². The number of nitrogens with two attached hydrogens (primary N) is 1. The van der Waals surface area contributed by atoms with Gasteiger partial charge in [-0.2, -0.15) is 0 Å². The molecule has 1 aliphatic heterocycles. The number of carbonyl (C=O) groups is 1. The first-order chi connectivity index (χ1) is 16.0. The number of aromatic amines is 1. The van der Waals surface area contributed by atoms with E-state index in [1.165, 1.54) is 0 Å². The molecular formula is C26H33N5O2. The number of primary amides is 1. The molecule has 174 valence electrons. The summed E-state index contributed by atoms with van der Waals surface area (Å²) in [6.45, 7) is 3.96. The first kappa shape index (κ1) is 21.9. The lowest BCUT2D eigenvalue weighted by Crippen LogP contribution is -2.39. The highest BCUT2D eigenvalue weighted by Gasteiger charge is 2.27. The molecule has 1 saturated carbocycles. The number of carbonyl (C=O) groups excluding carboxylic acids is 1. The van der Waals surface area contributed by atoms with Crippen LogP contribution in [0.25, 0.3) is 22.4 Å². The zero-order valence-corrected chi connectivity index (χ0v) is 19.3. The second-order valence-corrected chi connectivity index (χ2v) is 9.54. The summed E-state index contributed by atoms with van der Waals surface area (Å²) in [5, 5.41) is 0. The van der Waals surface area contributed by atoms with Crippen molar-refractivity contribution >= 4 is 22.8 Å². The lowest BCUT2D eigenvalue weighted by Gasteiger charge is -2.36. The molecule has 0 spiro atoms. The number of ether oxygens (including phenoxy) is 1. The number of hydrogen-bond acceptors (Lipinski definition) is 5. The summed E-state index contributed by atoms with van der Waals surface area (Å²) in [4.78, 5) is 26.5. The molecule has 0 bridgehead atoms. The van der Waals surface area contributed by atoms with Gasteiger partial charge in [-0.05, 0) is 75.6 Å². The highest BCUT2D eigenvalue weighted by molar-refractivity contribution is 5.79. The highest BCUT2D eigenvalue weighted by Crippen LogP contribution is 2.31. The number of imidazole rings is 1. The summed E-state index contributed by atoms with van der Waals surface area (Å²) in [5.74, 6) is 2.16. The molecule has 5 rings (SSSR count). The van der Waals surface area contributed by atoms with Crippen molar-refractivity contribution in [2.45, 2.75) is 64.1 Å². The van der Waals surface area contributed by atoms with Crippen LogP contribution in [0.5, 0.6) is 0 Å². The number of anilines is 1. The average molecular weight is 448 g/mol. The van der Waals surface area contributed by atoms with Gasteiger partial charge in [0.05, 0.1) is 28.9 Å². The van der Waals surface area contributed by atoms with E-state index in [4.69, 9.17) is 20.4 Å². The van der Waals surface area contributed by atoms with Crippen LogP contribution >= 0.6 is 0 Å². The van der Waals surface area contributed by atoms with Crippen molar-refractivity contribution in [1.82, 2.24) is 15.0 Å². The Labute approximate surface area is 194 Å². The molecule has 2 aliphatic rings. The second-order valence-electron chi connectivity index (χ2n) is 9.54. The molecule has 3 N–H and O–H groups in total. The number of amides is 1. The molecule has 7 nitrogen and oxygen atoms in total. The lowest BCUT2D eigenvalue weighted by molar-refractivity contribution is -0.119. The van der Waals surface area contributed by atoms with Crippen LogP contribution in [0.2, 0.25) is 0 Å². The van der Waals surface area contributed by atoms with E-state index in [2.05, 4.69) is 28.9 Å². The Morgan fingerprint density at radius 1 is 1.03 bits per heavy atom. The second kappa shape index (κ2) is 9.51. The van der Waals surface area contributed by atoms with Crippen LogP contribution in [0, 0.1) is 12.8 Å². The van der Waals surface area contributed by atoms with Gasteiger partial charge < -0.3 is 20.4 Å². The summed E-state index contributed by atoms with van der Waals surface area (Å²) < 4.78 is 6.42. The first-order valence-corrected chi connectivity index (χ1v) is 12.2. The van der Waals surface area contributed by atoms with Gasteiger partial charge >= 0.3 is 0 Å². The van der Waals surface area contributed by atoms with E-state index in [9.17, 15) is 4.79 Å². The molecule has 1 aliphatic carbocycles. The summed E-state index contributed by atoms with van der Waals surface area (Å²) >= 11 is 0. The number of piperidine rings is 1. The van der Waals surface area contributed by atoms with Gasteiger partial charge in [-0.3, -0.25) is 4.79 Å². The smallest absolute Gasteiger partial charge is 0.217 e. The van der Waals surface area contributed by atoms with Crippen molar-refractivity contribution in [2.75, 3.05) is 18.0 Å². The van der Waals surface area contributed by atoms with E-state index in [1.54, 1.807) is 0 Å². The fourth-order valence-electron chi connectivity index (χ4n) is 5.30. The molecule has 0 radical (unpaired) electrons. The van der Waals surface area contributed by atoms with Gasteiger partial charge in [0, 0.05) is 25.1 Å². The third-order valence-corrected chi connectivity index (χ3v) is 7.15. The Kier molecular flexibility index (Phi) is 6.31. The quantitative estimate of drug-likeness (QED) is 0.585. The molecule has 1 aromatic carbocycles. The maximum Gasteiger partial charge on any atom is 0.217 e. The number of nitrogens with one attached hydrogen (secondary N) is 1. The molecule has 33 heavy (non-hydrogen) atoms. The van der Waals surface area contributed by atoms with E-state index in [0.717, 1.165) is 85.5 Å². The summed E-state index contributed by atoms with van der Waals surface area (Å²) in [6.07, 6.45) is 7.39. The topological polar surface area (TPSA) is 97.1 Å². The summed E-state index contributed by atoms with van der Waals surface area (Å²) in [6, 6.07) is 12.3. The van der Waals surface area contributed by atoms with Gasteiger partial charge in [0.15, 0.2) is 0 Å². The average Bonchev–Trinajstić information content (AvgIpc) is 3.24. The Bertz CT molecular complexity index is 1080. The fraction of sp³-hybridized carbons (Fsp3) is 0.500. The van der Waals surface area contributed by atoms with Crippen molar-refractivity contribution in [3.8, 4) is 11.4 Å². The first-order valence-electron chi connectivity index (χ1n) is 12.2. The Morgan fingerprint density at radius 3 is 2.45 bits per heavy atom. The predicted molar refractivity (Wildman–Crippen MR) is 130 cm³/mol. The molecule has 3 aromatic rings. The molecule has 2 fully saturated rings. The molecule has 1 amide bonds. The van der Waals surface area contributed by atoms with E-state index in [1.807, 2.05) is 24.3 Å². The van der Waals surface area contributed by atoms with Crippen LogP contribution in [0.15, 0.2) is 36.4 Å². The number of para-hydroxylation sites is 2. The largest absolute Gasteiger partial charge is 0.375 e. The van der Waals surface area contributed by atoms with Gasteiger partial charge in [-0.25, -0.2) is 9.97 Å². The molecule has 0 atom stereocenters. The third kappa shape index (κ3) is 5.03. The number of aryl methyl sites for hydroxylation is 1. The van der Waals surface area contributed by atoms with Gasteiger partial charge in [0.25, 0.3) is 0 Å².